The lowest BCUT2D eigenvalue weighted by atomic mass is 9.98. The molecule has 1 aliphatic carbocycles. The minimum Gasteiger partial charge on any atom is -0.479 e. The van der Waals surface area contributed by atoms with E-state index in [9.17, 15) is 9.59 Å². The third-order valence-corrected chi connectivity index (χ3v) is 4.41. The summed E-state index contributed by atoms with van der Waals surface area (Å²) in [5.74, 6) is 0.643. The van der Waals surface area contributed by atoms with Gasteiger partial charge in [-0.15, -0.1) is 6.42 Å². The van der Waals surface area contributed by atoms with Crippen LogP contribution >= 0.6 is 0 Å². The lowest BCUT2D eigenvalue weighted by molar-refractivity contribution is -0.141. The number of aliphatic carboxylic acids is 1. The highest BCUT2D eigenvalue weighted by Crippen LogP contribution is 2.44. The van der Waals surface area contributed by atoms with Crippen molar-refractivity contribution in [3.8, 4) is 23.5 Å². The molecule has 1 amide bonds. The van der Waals surface area contributed by atoms with Crippen molar-refractivity contribution in [3.63, 3.8) is 0 Å². The standard InChI is InChI=1S/C20H17NO4/c1-3-20(2,18(22)23)21-19(24)25-12-17-15-10-6-4-8-13(15)14-9-5-7-11-16(14)17/h1,4-11,17H,12H2,2H3,(H,21,24)(H,22,23)/t20-/m1/s1. The summed E-state index contributed by atoms with van der Waals surface area (Å²) in [7, 11) is 0. The maximum absolute atomic E-state index is 12.0. The second-order valence-electron chi connectivity index (χ2n) is 6.03. The topological polar surface area (TPSA) is 75.6 Å². The van der Waals surface area contributed by atoms with Crippen molar-refractivity contribution in [2.75, 3.05) is 6.61 Å². The number of carboxylic acid groups (broad SMARTS) is 1. The molecular weight excluding hydrogens is 318 g/mol. The minimum absolute atomic E-state index is 0.0972. The number of fused-ring (bicyclic) bond motifs is 3. The molecule has 25 heavy (non-hydrogen) atoms. The predicted molar refractivity (Wildman–Crippen MR) is 93.1 cm³/mol. The van der Waals surface area contributed by atoms with E-state index in [1.54, 1.807) is 0 Å². The van der Waals surface area contributed by atoms with Crippen LogP contribution in [0.1, 0.15) is 24.0 Å². The van der Waals surface area contributed by atoms with Crippen LogP contribution in [0, 0.1) is 12.3 Å². The molecule has 126 valence electrons. The molecular formula is C20H17NO4. The first-order valence-corrected chi connectivity index (χ1v) is 7.80. The van der Waals surface area contributed by atoms with E-state index in [0.29, 0.717) is 0 Å². The van der Waals surface area contributed by atoms with Gasteiger partial charge in [-0.05, 0) is 29.2 Å². The number of hydrogen-bond acceptors (Lipinski definition) is 3. The molecule has 0 heterocycles. The van der Waals surface area contributed by atoms with Crippen LogP contribution in [0.3, 0.4) is 0 Å². The van der Waals surface area contributed by atoms with Gasteiger partial charge >= 0.3 is 12.1 Å². The smallest absolute Gasteiger partial charge is 0.408 e. The van der Waals surface area contributed by atoms with Crippen LogP contribution in [0.25, 0.3) is 11.1 Å². The monoisotopic (exact) mass is 335 g/mol. The Balaban J connectivity index is 1.77. The molecule has 5 nitrogen and oxygen atoms in total. The van der Waals surface area contributed by atoms with Crippen molar-refractivity contribution in [1.82, 2.24) is 5.32 Å². The average Bonchev–Trinajstić information content (AvgIpc) is 2.94. The van der Waals surface area contributed by atoms with Crippen LogP contribution in [0.2, 0.25) is 0 Å². The van der Waals surface area contributed by atoms with Gasteiger partial charge in [-0.1, -0.05) is 54.5 Å². The molecule has 3 rings (SSSR count). The number of carbonyl (C=O) groups excluding carboxylic acids is 1. The fourth-order valence-corrected chi connectivity index (χ4v) is 2.99. The normalized spacial score (nSPS) is 14.6. The van der Waals surface area contributed by atoms with Gasteiger partial charge in [0.15, 0.2) is 5.54 Å². The van der Waals surface area contributed by atoms with Gasteiger partial charge in [0.1, 0.15) is 6.61 Å². The molecule has 2 N–H and O–H groups in total. The van der Waals surface area contributed by atoms with Crippen LogP contribution < -0.4 is 5.32 Å². The van der Waals surface area contributed by atoms with E-state index in [2.05, 4.69) is 11.2 Å². The van der Waals surface area contributed by atoms with Crippen molar-refractivity contribution < 1.29 is 19.4 Å². The van der Waals surface area contributed by atoms with Gasteiger partial charge in [0, 0.05) is 5.92 Å². The van der Waals surface area contributed by atoms with Gasteiger partial charge in [-0.3, -0.25) is 5.32 Å². The summed E-state index contributed by atoms with van der Waals surface area (Å²) in [6, 6.07) is 15.9. The third kappa shape index (κ3) is 2.94. The Morgan fingerprint density at radius 2 is 1.68 bits per heavy atom. The van der Waals surface area contributed by atoms with Gasteiger partial charge in [-0.2, -0.15) is 0 Å². The zero-order chi connectivity index (χ0) is 18.0. The highest BCUT2D eigenvalue weighted by atomic mass is 16.5. The Labute approximate surface area is 145 Å². The van der Waals surface area contributed by atoms with Gasteiger partial charge in [0.25, 0.3) is 0 Å². The van der Waals surface area contributed by atoms with Gasteiger partial charge < -0.3 is 9.84 Å². The number of terminal acetylenes is 1. The van der Waals surface area contributed by atoms with Gasteiger partial charge in [0.2, 0.25) is 0 Å². The van der Waals surface area contributed by atoms with Crippen molar-refractivity contribution in [2.45, 2.75) is 18.4 Å². The van der Waals surface area contributed by atoms with Crippen molar-refractivity contribution in [2.24, 2.45) is 0 Å². The number of alkyl carbamates (subject to hydrolysis) is 1. The lowest BCUT2D eigenvalue weighted by Gasteiger charge is -2.21. The molecule has 0 saturated heterocycles. The Morgan fingerprint density at radius 3 is 2.16 bits per heavy atom. The summed E-state index contributed by atoms with van der Waals surface area (Å²) in [4.78, 5) is 23.2. The van der Waals surface area contributed by atoms with Crippen LogP contribution in [0.15, 0.2) is 48.5 Å². The van der Waals surface area contributed by atoms with Crippen molar-refractivity contribution in [3.05, 3.63) is 59.7 Å². The van der Waals surface area contributed by atoms with E-state index in [-0.39, 0.29) is 12.5 Å². The van der Waals surface area contributed by atoms with Crippen LogP contribution in [0.5, 0.6) is 0 Å². The van der Waals surface area contributed by atoms with Crippen molar-refractivity contribution in [1.29, 1.82) is 0 Å². The molecule has 0 spiro atoms. The quantitative estimate of drug-likeness (QED) is 0.842. The number of hydrogen-bond donors (Lipinski definition) is 2. The fraction of sp³-hybridized carbons (Fsp3) is 0.200. The number of carbonyl (C=O) groups is 2. The molecule has 2 aromatic rings. The predicted octanol–water partition coefficient (Wildman–Crippen LogP) is 3.00. The van der Waals surface area contributed by atoms with Crippen LogP contribution in [-0.4, -0.2) is 29.3 Å². The van der Waals surface area contributed by atoms with Crippen LogP contribution in [0.4, 0.5) is 4.79 Å². The second-order valence-corrected chi connectivity index (χ2v) is 6.03. The lowest BCUT2D eigenvalue weighted by Crippen LogP contribution is -2.51. The highest BCUT2D eigenvalue weighted by molar-refractivity contribution is 5.87. The maximum atomic E-state index is 12.0. The molecule has 0 aromatic heterocycles. The van der Waals surface area contributed by atoms with E-state index >= 15 is 0 Å². The summed E-state index contributed by atoms with van der Waals surface area (Å²) in [5, 5.41) is 11.3. The minimum atomic E-state index is -1.80. The summed E-state index contributed by atoms with van der Waals surface area (Å²) >= 11 is 0. The van der Waals surface area contributed by atoms with Gasteiger partial charge in [0.05, 0.1) is 0 Å². The molecule has 1 atom stereocenters. The van der Waals surface area contributed by atoms with E-state index in [1.165, 1.54) is 6.92 Å². The Morgan fingerprint density at radius 1 is 1.16 bits per heavy atom. The SMILES string of the molecule is C#C[C@@](C)(NC(=O)OCC1c2ccccc2-c2ccccc21)C(=O)O. The molecule has 0 aliphatic heterocycles. The number of benzene rings is 2. The van der Waals surface area contributed by atoms with E-state index in [1.807, 2.05) is 48.5 Å². The molecule has 5 heteroatoms. The largest absolute Gasteiger partial charge is 0.479 e. The van der Waals surface area contributed by atoms with Crippen LogP contribution in [-0.2, 0) is 9.53 Å². The molecule has 0 fully saturated rings. The molecule has 1 aliphatic rings. The summed E-state index contributed by atoms with van der Waals surface area (Å²) in [6.45, 7) is 1.33. The second kappa shape index (κ2) is 6.33. The number of ether oxygens (including phenoxy) is 1. The number of rotatable bonds is 4. The third-order valence-electron chi connectivity index (χ3n) is 4.41. The first-order valence-electron chi connectivity index (χ1n) is 7.80. The number of amides is 1. The zero-order valence-electron chi connectivity index (χ0n) is 13.7. The molecule has 0 radical (unpaired) electrons. The summed E-state index contributed by atoms with van der Waals surface area (Å²) < 4.78 is 5.28. The summed E-state index contributed by atoms with van der Waals surface area (Å²) in [6.07, 6.45) is 4.34. The molecule has 0 bridgehead atoms. The van der Waals surface area contributed by atoms with E-state index in [0.717, 1.165) is 22.3 Å². The molecule has 2 aromatic carbocycles. The summed E-state index contributed by atoms with van der Waals surface area (Å²) in [5.41, 5.74) is 2.59. The average molecular weight is 335 g/mol. The first-order chi connectivity index (χ1) is 12.0. The van der Waals surface area contributed by atoms with Crippen molar-refractivity contribution >= 4 is 12.1 Å². The Kier molecular flexibility index (Phi) is 4.20. The molecule has 0 unspecified atom stereocenters. The number of nitrogens with one attached hydrogen (secondary N) is 1. The number of carboxylic acids is 1. The van der Waals surface area contributed by atoms with E-state index < -0.39 is 17.6 Å². The fourth-order valence-electron chi connectivity index (χ4n) is 2.99. The Bertz CT molecular complexity index is 838. The Hall–Kier alpha value is -3.26. The zero-order valence-corrected chi connectivity index (χ0v) is 13.7. The first kappa shape index (κ1) is 16.6. The maximum Gasteiger partial charge on any atom is 0.408 e. The highest BCUT2D eigenvalue weighted by Gasteiger charge is 2.34. The molecule has 0 saturated carbocycles. The van der Waals surface area contributed by atoms with Gasteiger partial charge in [-0.25, -0.2) is 9.59 Å². The van der Waals surface area contributed by atoms with E-state index in [4.69, 9.17) is 16.3 Å².